The van der Waals surface area contributed by atoms with Crippen LogP contribution < -0.4 is 5.32 Å². The van der Waals surface area contributed by atoms with Crippen LogP contribution in [-0.4, -0.2) is 33.6 Å². The average molecular weight is 594 g/mol. The number of benzene rings is 2. The zero-order chi connectivity index (χ0) is 27.7. The van der Waals surface area contributed by atoms with Crippen molar-refractivity contribution in [2.45, 2.75) is 25.7 Å². The van der Waals surface area contributed by atoms with Gasteiger partial charge in [0, 0.05) is 49.9 Å². The number of halogens is 6. The van der Waals surface area contributed by atoms with E-state index in [1.807, 2.05) is 6.08 Å². The van der Waals surface area contributed by atoms with Gasteiger partial charge in [0.25, 0.3) is 0 Å². The maximum atomic E-state index is 13.4. The summed E-state index contributed by atoms with van der Waals surface area (Å²) in [5, 5.41) is 4.89. The molecule has 2 aromatic carbocycles. The molecule has 0 saturated heterocycles. The van der Waals surface area contributed by atoms with Gasteiger partial charge in [-0.15, -0.1) is 0 Å². The first kappa shape index (κ1) is 27.5. The van der Waals surface area contributed by atoms with Crippen LogP contribution in [0.3, 0.4) is 0 Å². The van der Waals surface area contributed by atoms with Crippen molar-refractivity contribution in [2.75, 3.05) is 13.1 Å². The lowest BCUT2D eigenvalue weighted by molar-refractivity contribution is -0.137. The topological polar surface area (TPSA) is 50.2 Å². The second kappa shape index (κ2) is 11.2. The van der Waals surface area contributed by atoms with E-state index in [2.05, 4.69) is 15.2 Å². The van der Waals surface area contributed by atoms with Crippen molar-refractivity contribution in [1.82, 2.24) is 19.8 Å². The highest BCUT2D eigenvalue weighted by molar-refractivity contribution is 6.42. The SMILES string of the molecule is O=C(NCc1ccnc(Cl)c1)n1c2c(c3cc(Cl)c(Cl)cc31)CN(CC=Cc1ccc(C(F)(F)F)cc1)CC2. The van der Waals surface area contributed by atoms with Crippen LogP contribution in [0.5, 0.6) is 0 Å². The highest BCUT2D eigenvalue weighted by atomic mass is 35.5. The molecule has 1 N–H and O–H groups in total. The summed E-state index contributed by atoms with van der Waals surface area (Å²) in [5.74, 6) is 0. The molecule has 5 rings (SSSR count). The van der Waals surface area contributed by atoms with Crippen LogP contribution in [0.4, 0.5) is 18.0 Å². The number of aromatic nitrogens is 2. The Balaban J connectivity index is 1.35. The van der Waals surface area contributed by atoms with E-state index < -0.39 is 11.7 Å². The smallest absolute Gasteiger partial charge is 0.333 e. The Bertz CT molecular complexity index is 1570. The first-order chi connectivity index (χ1) is 18.6. The van der Waals surface area contributed by atoms with Gasteiger partial charge < -0.3 is 5.32 Å². The van der Waals surface area contributed by atoms with E-state index in [0.29, 0.717) is 52.3 Å². The minimum atomic E-state index is -4.36. The van der Waals surface area contributed by atoms with E-state index in [-0.39, 0.29) is 12.6 Å². The van der Waals surface area contributed by atoms with Crippen LogP contribution in [0, 0.1) is 0 Å². The van der Waals surface area contributed by atoms with Gasteiger partial charge in [-0.25, -0.2) is 9.78 Å². The van der Waals surface area contributed by atoms with Gasteiger partial charge in [-0.05, 0) is 53.1 Å². The number of nitrogens with zero attached hydrogens (tertiary/aromatic N) is 3. The summed E-state index contributed by atoms with van der Waals surface area (Å²) >= 11 is 18.6. The predicted molar refractivity (Wildman–Crippen MR) is 148 cm³/mol. The van der Waals surface area contributed by atoms with E-state index in [0.717, 1.165) is 34.3 Å². The van der Waals surface area contributed by atoms with Gasteiger partial charge in [-0.3, -0.25) is 9.47 Å². The van der Waals surface area contributed by atoms with Crippen molar-refractivity contribution in [2.24, 2.45) is 0 Å². The standard InChI is InChI=1S/C28H22Cl3F3N4O/c29-22-13-20-21-16-37(10-1-2-17-3-5-19(6-4-17)28(32,33)34)11-8-24(21)38(25(20)14-23(22)30)27(39)36-15-18-7-9-35-26(31)12-18/h1-7,9,12-14H,8,10-11,15-16H2,(H,36,39). The minimum Gasteiger partial charge on any atom is -0.333 e. The van der Waals surface area contributed by atoms with Gasteiger partial charge >= 0.3 is 12.2 Å². The third kappa shape index (κ3) is 6.09. The Labute approximate surface area is 237 Å². The first-order valence-corrected chi connectivity index (χ1v) is 13.2. The molecule has 3 heterocycles. The van der Waals surface area contributed by atoms with E-state index in [9.17, 15) is 18.0 Å². The summed E-state index contributed by atoms with van der Waals surface area (Å²) in [7, 11) is 0. The van der Waals surface area contributed by atoms with Crippen molar-refractivity contribution in [3.63, 3.8) is 0 Å². The van der Waals surface area contributed by atoms with Crippen molar-refractivity contribution < 1.29 is 18.0 Å². The van der Waals surface area contributed by atoms with Gasteiger partial charge in [0.2, 0.25) is 0 Å². The number of pyridine rings is 1. The summed E-state index contributed by atoms with van der Waals surface area (Å²) in [4.78, 5) is 19.5. The molecule has 0 fully saturated rings. The number of amides is 1. The summed E-state index contributed by atoms with van der Waals surface area (Å²) in [6.07, 6.45) is 1.56. The molecular formula is C28H22Cl3F3N4O. The van der Waals surface area contributed by atoms with Gasteiger partial charge in [-0.2, -0.15) is 13.2 Å². The predicted octanol–water partition coefficient (Wildman–Crippen LogP) is 7.84. The summed E-state index contributed by atoms with van der Waals surface area (Å²) in [5.41, 5.74) is 3.37. The molecule has 5 nitrogen and oxygen atoms in total. The third-order valence-corrected chi connectivity index (χ3v) is 7.55. The Morgan fingerprint density at radius 3 is 2.51 bits per heavy atom. The number of carbonyl (C=O) groups is 1. The Kier molecular flexibility index (Phi) is 7.91. The van der Waals surface area contributed by atoms with Gasteiger partial charge in [-0.1, -0.05) is 59.1 Å². The highest BCUT2D eigenvalue weighted by Gasteiger charge is 2.30. The van der Waals surface area contributed by atoms with Gasteiger partial charge in [0.05, 0.1) is 21.1 Å². The maximum Gasteiger partial charge on any atom is 0.416 e. The number of hydrogen-bond donors (Lipinski definition) is 1. The molecule has 0 bridgehead atoms. The Hall–Kier alpha value is -3.04. The fourth-order valence-electron chi connectivity index (χ4n) is 4.72. The van der Waals surface area contributed by atoms with Crippen molar-refractivity contribution in [1.29, 1.82) is 0 Å². The number of hydrogen-bond acceptors (Lipinski definition) is 3. The largest absolute Gasteiger partial charge is 0.416 e. The number of carbonyl (C=O) groups excluding carboxylic acids is 1. The van der Waals surface area contributed by atoms with Crippen LogP contribution in [-0.2, 0) is 25.7 Å². The summed E-state index contributed by atoms with van der Waals surface area (Å²) in [6.45, 7) is 2.12. The van der Waals surface area contributed by atoms with Crippen LogP contribution in [0.1, 0.15) is 27.9 Å². The second-order valence-corrected chi connectivity index (χ2v) is 10.4. The van der Waals surface area contributed by atoms with Crippen LogP contribution in [0.2, 0.25) is 15.2 Å². The lowest BCUT2D eigenvalue weighted by atomic mass is 10.0. The molecule has 1 amide bonds. The zero-order valence-corrected chi connectivity index (χ0v) is 22.7. The molecule has 1 aliphatic heterocycles. The summed E-state index contributed by atoms with van der Waals surface area (Å²) < 4.78 is 40.1. The fraction of sp³-hybridized carbons (Fsp3) is 0.214. The number of alkyl halides is 3. The van der Waals surface area contributed by atoms with Crippen molar-refractivity contribution >= 4 is 57.8 Å². The molecule has 4 aromatic rings. The quantitative estimate of drug-likeness (QED) is 0.240. The molecular weight excluding hydrogens is 572 g/mol. The highest BCUT2D eigenvalue weighted by Crippen LogP contribution is 2.36. The monoisotopic (exact) mass is 592 g/mol. The lowest BCUT2D eigenvalue weighted by Crippen LogP contribution is -2.34. The molecule has 39 heavy (non-hydrogen) atoms. The van der Waals surface area contributed by atoms with E-state index in [1.165, 1.54) is 12.1 Å². The molecule has 0 aliphatic carbocycles. The molecule has 0 spiro atoms. The molecule has 0 atom stereocenters. The average Bonchev–Trinajstić information content (AvgIpc) is 3.20. The molecule has 0 unspecified atom stereocenters. The number of rotatable bonds is 5. The van der Waals surface area contributed by atoms with Gasteiger partial charge in [0.15, 0.2) is 0 Å². The van der Waals surface area contributed by atoms with Crippen molar-refractivity contribution in [3.8, 4) is 0 Å². The Morgan fingerprint density at radius 2 is 1.79 bits per heavy atom. The van der Waals surface area contributed by atoms with Crippen molar-refractivity contribution in [3.05, 3.63) is 104 Å². The molecule has 11 heteroatoms. The van der Waals surface area contributed by atoms with Gasteiger partial charge in [0.1, 0.15) is 5.15 Å². The van der Waals surface area contributed by atoms with E-state index in [4.69, 9.17) is 34.8 Å². The molecule has 202 valence electrons. The Morgan fingerprint density at radius 1 is 1.05 bits per heavy atom. The fourth-order valence-corrected chi connectivity index (χ4v) is 5.24. The summed E-state index contributed by atoms with van der Waals surface area (Å²) in [6, 6.07) is 11.7. The third-order valence-electron chi connectivity index (χ3n) is 6.62. The maximum absolute atomic E-state index is 13.4. The molecule has 0 saturated carbocycles. The van der Waals surface area contributed by atoms with Crippen LogP contribution in [0.25, 0.3) is 17.0 Å². The van der Waals surface area contributed by atoms with Crippen LogP contribution >= 0.6 is 34.8 Å². The van der Waals surface area contributed by atoms with Crippen LogP contribution in [0.15, 0.2) is 60.8 Å². The lowest BCUT2D eigenvalue weighted by Gasteiger charge is -2.27. The first-order valence-electron chi connectivity index (χ1n) is 12.1. The number of nitrogens with one attached hydrogen (secondary N) is 1. The number of fused-ring (bicyclic) bond motifs is 3. The molecule has 0 radical (unpaired) electrons. The van der Waals surface area contributed by atoms with E-state index in [1.54, 1.807) is 41.1 Å². The molecule has 1 aliphatic rings. The minimum absolute atomic E-state index is 0.276. The normalized spacial score (nSPS) is 14.2. The zero-order valence-electron chi connectivity index (χ0n) is 20.4. The molecule has 2 aromatic heterocycles. The second-order valence-electron chi connectivity index (χ2n) is 9.20. The van der Waals surface area contributed by atoms with E-state index >= 15 is 0 Å².